The summed E-state index contributed by atoms with van der Waals surface area (Å²) in [4.78, 5) is 12.2. The first-order valence-corrected chi connectivity index (χ1v) is 7.96. The minimum atomic E-state index is -0.433. The summed E-state index contributed by atoms with van der Waals surface area (Å²) in [5, 5.41) is 2.97. The molecule has 1 aromatic carbocycles. The largest absolute Gasteiger partial charge is 0.351 e. The summed E-state index contributed by atoms with van der Waals surface area (Å²) in [6.45, 7) is 6.93. The number of rotatable bonds is 5. The third-order valence-corrected chi connectivity index (χ3v) is 4.50. The van der Waals surface area contributed by atoms with E-state index >= 15 is 0 Å². The molecule has 21 heavy (non-hydrogen) atoms. The van der Waals surface area contributed by atoms with Gasteiger partial charge in [0, 0.05) is 6.54 Å². The van der Waals surface area contributed by atoms with Crippen LogP contribution in [0.25, 0.3) is 0 Å². The molecule has 116 valence electrons. The molecular weight excluding hydrogens is 265 g/mol. The number of hydrogen-bond acceptors (Lipinski definition) is 1. The molecule has 0 aliphatic heterocycles. The molecule has 0 aromatic heterocycles. The molecule has 1 aromatic rings. The smallest absolute Gasteiger partial charge is 0.254 e. The van der Waals surface area contributed by atoms with Crippen LogP contribution in [0.1, 0.15) is 61.9 Å². The molecule has 0 heterocycles. The molecule has 0 unspecified atom stereocenters. The van der Waals surface area contributed by atoms with Crippen molar-refractivity contribution in [1.82, 2.24) is 5.32 Å². The summed E-state index contributed by atoms with van der Waals surface area (Å²) in [6, 6.07) is 4.76. The maximum Gasteiger partial charge on any atom is 0.254 e. The zero-order chi connectivity index (χ0) is 15.5. The lowest BCUT2D eigenvalue weighted by molar-refractivity contribution is 0.0917. The van der Waals surface area contributed by atoms with Crippen LogP contribution in [-0.4, -0.2) is 12.5 Å². The van der Waals surface area contributed by atoms with Gasteiger partial charge in [-0.1, -0.05) is 32.8 Å². The van der Waals surface area contributed by atoms with E-state index in [1.54, 1.807) is 12.1 Å². The Labute approximate surface area is 127 Å². The van der Waals surface area contributed by atoms with Crippen molar-refractivity contribution in [3.63, 3.8) is 0 Å². The number of carbonyl (C=O) groups is 1. The molecule has 0 bridgehead atoms. The van der Waals surface area contributed by atoms with Gasteiger partial charge in [-0.05, 0) is 55.2 Å². The Hall–Kier alpha value is -1.38. The molecule has 1 fully saturated rings. The average molecular weight is 291 g/mol. The van der Waals surface area contributed by atoms with Crippen molar-refractivity contribution < 1.29 is 9.18 Å². The van der Waals surface area contributed by atoms with Crippen molar-refractivity contribution >= 4 is 5.91 Å². The SMILES string of the molecule is Cc1ccc(C(=O)NCC2(CC(C)C)CCCC2)c(F)c1. The third-order valence-electron chi connectivity index (χ3n) is 4.50. The Morgan fingerprint density at radius 2 is 2.00 bits per heavy atom. The summed E-state index contributed by atoms with van der Waals surface area (Å²) < 4.78 is 13.8. The molecule has 2 rings (SSSR count). The van der Waals surface area contributed by atoms with E-state index in [4.69, 9.17) is 0 Å². The van der Waals surface area contributed by atoms with Crippen molar-refractivity contribution in [2.75, 3.05) is 6.54 Å². The second-order valence-electron chi connectivity index (χ2n) is 6.97. The highest BCUT2D eigenvalue weighted by Crippen LogP contribution is 2.42. The van der Waals surface area contributed by atoms with Crippen molar-refractivity contribution in [3.05, 3.63) is 35.1 Å². The lowest BCUT2D eigenvalue weighted by Crippen LogP contribution is -2.37. The van der Waals surface area contributed by atoms with Gasteiger partial charge >= 0.3 is 0 Å². The van der Waals surface area contributed by atoms with Gasteiger partial charge in [-0.15, -0.1) is 0 Å². The number of benzene rings is 1. The molecule has 0 saturated heterocycles. The van der Waals surface area contributed by atoms with E-state index in [2.05, 4.69) is 19.2 Å². The number of aryl methyl sites for hydroxylation is 1. The summed E-state index contributed by atoms with van der Waals surface area (Å²) in [6.07, 6.45) is 5.94. The zero-order valence-electron chi connectivity index (χ0n) is 13.3. The van der Waals surface area contributed by atoms with Gasteiger partial charge in [0.2, 0.25) is 0 Å². The number of carbonyl (C=O) groups excluding carboxylic acids is 1. The fourth-order valence-corrected chi connectivity index (χ4v) is 3.61. The van der Waals surface area contributed by atoms with Gasteiger partial charge < -0.3 is 5.32 Å². The van der Waals surface area contributed by atoms with Crippen molar-refractivity contribution in [1.29, 1.82) is 0 Å². The van der Waals surface area contributed by atoms with Crippen LogP contribution in [0, 0.1) is 24.1 Å². The van der Waals surface area contributed by atoms with E-state index in [1.807, 2.05) is 6.92 Å². The average Bonchev–Trinajstić information content (AvgIpc) is 2.84. The number of nitrogens with one attached hydrogen (secondary N) is 1. The van der Waals surface area contributed by atoms with Crippen LogP contribution >= 0.6 is 0 Å². The van der Waals surface area contributed by atoms with Crippen LogP contribution in [0.5, 0.6) is 0 Å². The molecule has 0 radical (unpaired) electrons. The normalized spacial score (nSPS) is 17.2. The number of halogens is 1. The summed E-state index contributed by atoms with van der Waals surface area (Å²) in [7, 11) is 0. The Balaban J connectivity index is 2.02. The lowest BCUT2D eigenvalue weighted by atomic mass is 9.78. The molecule has 0 atom stereocenters. The van der Waals surface area contributed by atoms with Crippen LogP contribution in [0.2, 0.25) is 0 Å². The maximum absolute atomic E-state index is 13.8. The van der Waals surface area contributed by atoms with Crippen LogP contribution in [0.3, 0.4) is 0 Å². The van der Waals surface area contributed by atoms with Crippen LogP contribution in [-0.2, 0) is 0 Å². The minimum absolute atomic E-state index is 0.151. The Morgan fingerprint density at radius 3 is 2.57 bits per heavy atom. The number of hydrogen-bond donors (Lipinski definition) is 1. The van der Waals surface area contributed by atoms with Gasteiger partial charge in [0.1, 0.15) is 5.82 Å². The van der Waals surface area contributed by atoms with Gasteiger partial charge in [0.15, 0.2) is 0 Å². The zero-order valence-corrected chi connectivity index (χ0v) is 13.3. The summed E-state index contributed by atoms with van der Waals surface area (Å²) in [5.74, 6) is -0.101. The predicted molar refractivity (Wildman–Crippen MR) is 83.8 cm³/mol. The van der Waals surface area contributed by atoms with Gasteiger partial charge in [0.05, 0.1) is 5.56 Å². The first-order valence-electron chi connectivity index (χ1n) is 7.96. The first kappa shape index (κ1) is 16.0. The molecule has 1 saturated carbocycles. The Bertz CT molecular complexity index is 504. The number of amides is 1. The monoisotopic (exact) mass is 291 g/mol. The fraction of sp³-hybridized carbons (Fsp3) is 0.611. The summed E-state index contributed by atoms with van der Waals surface area (Å²) in [5.41, 5.74) is 1.19. The molecule has 3 heteroatoms. The molecule has 1 amide bonds. The van der Waals surface area contributed by atoms with Gasteiger partial charge in [-0.25, -0.2) is 4.39 Å². The van der Waals surface area contributed by atoms with Gasteiger partial charge in [0.25, 0.3) is 5.91 Å². The van der Waals surface area contributed by atoms with E-state index in [0.717, 1.165) is 12.0 Å². The topological polar surface area (TPSA) is 29.1 Å². The molecular formula is C18H26FNO. The molecule has 1 aliphatic carbocycles. The lowest BCUT2D eigenvalue weighted by Gasteiger charge is -2.31. The quantitative estimate of drug-likeness (QED) is 0.852. The van der Waals surface area contributed by atoms with Crippen molar-refractivity contribution in [3.8, 4) is 0 Å². The highest BCUT2D eigenvalue weighted by molar-refractivity contribution is 5.94. The first-order chi connectivity index (χ1) is 9.92. The van der Waals surface area contributed by atoms with Gasteiger partial charge in [-0.2, -0.15) is 0 Å². The van der Waals surface area contributed by atoms with E-state index in [-0.39, 0.29) is 16.9 Å². The fourth-order valence-electron chi connectivity index (χ4n) is 3.61. The summed E-state index contributed by atoms with van der Waals surface area (Å²) >= 11 is 0. The third kappa shape index (κ3) is 4.05. The molecule has 0 spiro atoms. The second-order valence-corrected chi connectivity index (χ2v) is 6.97. The van der Waals surface area contributed by atoms with E-state index in [1.165, 1.54) is 31.7 Å². The highest BCUT2D eigenvalue weighted by Gasteiger charge is 2.34. The molecule has 1 aliphatic rings. The van der Waals surface area contributed by atoms with E-state index in [9.17, 15) is 9.18 Å². The van der Waals surface area contributed by atoms with Crippen molar-refractivity contribution in [2.24, 2.45) is 11.3 Å². The van der Waals surface area contributed by atoms with Crippen molar-refractivity contribution in [2.45, 2.75) is 52.9 Å². The standard InChI is InChI=1S/C18H26FNO/c1-13(2)11-18(8-4-5-9-18)12-20-17(21)15-7-6-14(3)10-16(15)19/h6-7,10,13H,4-5,8-9,11-12H2,1-3H3,(H,20,21). The van der Waals surface area contributed by atoms with Crippen LogP contribution in [0.4, 0.5) is 4.39 Å². The minimum Gasteiger partial charge on any atom is -0.351 e. The predicted octanol–water partition coefficient (Wildman–Crippen LogP) is 4.47. The molecule has 2 nitrogen and oxygen atoms in total. The van der Waals surface area contributed by atoms with E-state index in [0.29, 0.717) is 12.5 Å². The molecule has 1 N–H and O–H groups in total. The Morgan fingerprint density at radius 1 is 1.33 bits per heavy atom. The Kier molecular flexibility index (Phi) is 5.02. The van der Waals surface area contributed by atoms with Crippen LogP contribution < -0.4 is 5.32 Å². The van der Waals surface area contributed by atoms with Gasteiger partial charge in [-0.3, -0.25) is 4.79 Å². The highest BCUT2D eigenvalue weighted by atomic mass is 19.1. The maximum atomic E-state index is 13.8. The van der Waals surface area contributed by atoms with Crippen LogP contribution in [0.15, 0.2) is 18.2 Å². The second kappa shape index (κ2) is 6.59. The van der Waals surface area contributed by atoms with E-state index < -0.39 is 5.82 Å².